The van der Waals surface area contributed by atoms with Crippen LogP contribution in [0.1, 0.15) is 19.3 Å². The number of hydrogen-bond donors (Lipinski definition) is 3. The van der Waals surface area contributed by atoms with Gasteiger partial charge in [0.25, 0.3) is 0 Å². The summed E-state index contributed by atoms with van der Waals surface area (Å²) in [7, 11) is 1.60. The van der Waals surface area contributed by atoms with Crippen LogP contribution in [0, 0.1) is 5.92 Å². The van der Waals surface area contributed by atoms with Crippen LogP contribution >= 0.6 is 0 Å². The Kier molecular flexibility index (Phi) is 4.66. The van der Waals surface area contributed by atoms with E-state index in [-0.39, 0.29) is 24.9 Å². The zero-order valence-corrected chi connectivity index (χ0v) is 12.1. The molecule has 2 saturated heterocycles. The monoisotopic (exact) mass is 299 g/mol. The first kappa shape index (κ1) is 15.6. The molecule has 0 bridgehead atoms. The molecule has 0 aliphatic carbocycles. The van der Waals surface area contributed by atoms with Crippen LogP contribution in [0.4, 0.5) is 4.79 Å². The van der Waals surface area contributed by atoms with Crippen LogP contribution in [0.15, 0.2) is 0 Å². The van der Waals surface area contributed by atoms with E-state index in [4.69, 9.17) is 4.74 Å². The van der Waals surface area contributed by atoms with Crippen molar-refractivity contribution >= 4 is 17.9 Å². The minimum atomic E-state index is -1.32. The van der Waals surface area contributed by atoms with Gasteiger partial charge in [-0.05, 0) is 12.8 Å². The van der Waals surface area contributed by atoms with Crippen LogP contribution in [0.3, 0.4) is 0 Å². The molecule has 1 atom stereocenters. The molecule has 3 N–H and O–H groups in total. The number of nitrogens with zero attached hydrogens (tertiary/aromatic N) is 1. The number of ether oxygens (including phenoxy) is 1. The van der Waals surface area contributed by atoms with Gasteiger partial charge in [0.05, 0.1) is 6.61 Å². The molecule has 2 fully saturated rings. The molecule has 2 rings (SSSR count). The smallest absolute Gasteiger partial charge is 0.332 e. The van der Waals surface area contributed by atoms with Gasteiger partial charge in [0.1, 0.15) is 0 Å². The highest BCUT2D eigenvalue weighted by Gasteiger charge is 2.45. The summed E-state index contributed by atoms with van der Waals surface area (Å²) in [5, 5.41) is 14.5. The van der Waals surface area contributed by atoms with Crippen LogP contribution in [0.5, 0.6) is 0 Å². The molecule has 2 heterocycles. The van der Waals surface area contributed by atoms with Gasteiger partial charge in [-0.2, -0.15) is 0 Å². The second kappa shape index (κ2) is 6.30. The third-order valence-corrected chi connectivity index (χ3v) is 4.18. The summed E-state index contributed by atoms with van der Waals surface area (Å²) >= 11 is 0. The van der Waals surface area contributed by atoms with Gasteiger partial charge < -0.3 is 25.4 Å². The summed E-state index contributed by atoms with van der Waals surface area (Å²) in [6.07, 6.45) is 1.44. The Labute approximate surface area is 122 Å². The number of carboxylic acids is 1. The van der Waals surface area contributed by atoms with E-state index in [0.717, 1.165) is 0 Å². The van der Waals surface area contributed by atoms with Gasteiger partial charge >= 0.3 is 12.0 Å². The van der Waals surface area contributed by atoms with E-state index in [0.29, 0.717) is 32.5 Å². The molecule has 1 unspecified atom stereocenters. The maximum absolute atomic E-state index is 12.2. The van der Waals surface area contributed by atoms with Gasteiger partial charge in [0.2, 0.25) is 5.91 Å². The molecular weight excluding hydrogens is 278 g/mol. The Morgan fingerprint density at radius 3 is 2.43 bits per heavy atom. The predicted molar refractivity (Wildman–Crippen MR) is 72.7 cm³/mol. The number of hydrogen-bond acceptors (Lipinski definition) is 4. The van der Waals surface area contributed by atoms with Gasteiger partial charge in [0.15, 0.2) is 5.54 Å². The highest BCUT2D eigenvalue weighted by atomic mass is 16.5. The standard InChI is InChI=1S/C13H21N3O5/c1-14-10(17)9-2-5-16(6-3-9)12(20)15-13(11(18)19)4-7-21-8-13/h9H,2-8H2,1H3,(H,14,17)(H,15,20)(H,18,19). The topological polar surface area (TPSA) is 108 Å². The maximum atomic E-state index is 12.2. The summed E-state index contributed by atoms with van der Waals surface area (Å²) in [4.78, 5) is 36.7. The van der Waals surface area contributed by atoms with E-state index >= 15 is 0 Å². The van der Waals surface area contributed by atoms with E-state index in [9.17, 15) is 19.5 Å². The maximum Gasteiger partial charge on any atom is 0.332 e. The highest BCUT2D eigenvalue weighted by Crippen LogP contribution is 2.21. The van der Waals surface area contributed by atoms with Gasteiger partial charge in [-0.1, -0.05) is 0 Å². The summed E-state index contributed by atoms with van der Waals surface area (Å²) in [6.45, 7) is 1.20. The average Bonchev–Trinajstić information content (AvgIpc) is 2.96. The number of urea groups is 1. The zero-order chi connectivity index (χ0) is 15.5. The summed E-state index contributed by atoms with van der Waals surface area (Å²) in [5.41, 5.74) is -1.32. The van der Waals surface area contributed by atoms with Gasteiger partial charge in [-0.15, -0.1) is 0 Å². The highest BCUT2D eigenvalue weighted by molar-refractivity contribution is 5.87. The number of likely N-dealkylation sites (tertiary alicyclic amines) is 1. The van der Waals surface area contributed by atoms with Crippen LogP contribution < -0.4 is 10.6 Å². The van der Waals surface area contributed by atoms with Gasteiger partial charge in [-0.25, -0.2) is 9.59 Å². The second-order valence-corrected chi connectivity index (χ2v) is 5.50. The lowest BCUT2D eigenvalue weighted by Crippen LogP contribution is -2.59. The van der Waals surface area contributed by atoms with E-state index in [1.165, 1.54) is 0 Å². The van der Waals surface area contributed by atoms with Crippen molar-refractivity contribution in [1.29, 1.82) is 0 Å². The van der Waals surface area contributed by atoms with Crippen molar-refractivity contribution in [1.82, 2.24) is 15.5 Å². The largest absolute Gasteiger partial charge is 0.479 e. The fourth-order valence-corrected chi connectivity index (χ4v) is 2.72. The number of amides is 3. The van der Waals surface area contributed by atoms with Crippen LogP contribution in [-0.4, -0.2) is 66.8 Å². The molecule has 0 saturated carbocycles. The first-order valence-corrected chi connectivity index (χ1v) is 7.08. The zero-order valence-electron chi connectivity index (χ0n) is 12.1. The van der Waals surface area contributed by atoms with E-state index in [1.54, 1.807) is 11.9 Å². The van der Waals surface area contributed by atoms with Crippen LogP contribution in [0.25, 0.3) is 0 Å². The molecule has 0 aromatic rings. The van der Waals surface area contributed by atoms with Crippen molar-refractivity contribution in [3.63, 3.8) is 0 Å². The van der Waals surface area contributed by atoms with Crippen molar-refractivity contribution in [2.24, 2.45) is 5.92 Å². The lowest BCUT2D eigenvalue weighted by Gasteiger charge is -2.34. The van der Waals surface area contributed by atoms with Gasteiger partial charge in [0, 0.05) is 39.1 Å². The first-order valence-electron chi connectivity index (χ1n) is 7.08. The van der Waals surface area contributed by atoms with E-state index in [2.05, 4.69) is 10.6 Å². The SMILES string of the molecule is CNC(=O)C1CCN(C(=O)NC2(C(=O)O)CCOC2)CC1. The minimum absolute atomic E-state index is 0.0111. The van der Waals surface area contributed by atoms with Crippen molar-refractivity contribution in [3.05, 3.63) is 0 Å². The first-order chi connectivity index (χ1) is 9.98. The minimum Gasteiger partial charge on any atom is -0.479 e. The van der Waals surface area contributed by atoms with E-state index in [1.807, 2.05) is 0 Å². The molecule has 0 spiro atoms. The van der Waals surface area contributed by atoms with Crippen molar-refractivity contribution < 1.29 is 24.2 Å². The van der Waals surface area contributed by atoms with Crippen LogP contribution in [0.2, 0.25) is 0 Å². The molecule has 0 aromatic heterocycles. The Balaban J connectivity index is 1.90. The molecule has 3 amide bonds. The van der Waals surface area contributed by atoms with E-state index < -0.39 is 17.5 Å². The number of aliphatic carboxylic acids is 1. The lowest BCUT2D eigenvalue weighted by molar-refractivity contribution is -0.144. The van der Waals surface area contributed by atoms with Crippen LogP contribution in [-0.2, 0) is 14.3 Å². The molecule has 21 heavy (non-hydrogen) atoms. The normalized spacial score (nSPS) is 26.4. The van der Waals surface area contributed by atoms with Crippen molar-refractivity contribution in [3.8, 4) is 0 Å². The average molecular weight is 299 g/mol. The Morgan fingerprint density at radius 2 is 1.95 bits per heavy atom. The molecule has 118 valence electrons. The van der Waals surface area contributed by atoms with Crippen molar-refractivity contribution in [2.75, 3.05) is 33.4 Å². The third-order valence-electron chi connectivity index (χ3n) is 4.18. The molecule has 2 aliphatic heterocycles. The predicted octanol–water partition coefficient (Wildman–Crippen LogP) is -0.602. The summed E-state index contributed by atoms with van der Waals surface area (Å²) < 4.78 is 5.11. The fraction of sp³-hybridized carbons (Fsp3) is 0.769. The molecule has 2 aliphatic rings. The molecule has 0 radical (unpaired) electrons. The quantitative estimate of drug-likeness (QED) is 0.645. The molecule has 0 aromatic carbocycles. The number of rotatable bonds is 3. The number of carboxylic acid groups (broad SMARTS) is 1. The second-order valence-electron chi connectivity index (χ2n) is 5.50. The van der Waals surface area contributed by atoms with Crippen molar-refractivity contribution in [2.45, 2.75) is 24.8 Å². The fourth-order valence-electron chi connectivity index (χ4n) is 2.72. The molecule has 8 heteroatoms. The Morgan fingerprint density at radius 1 is 1.29 bits per heavy atom. The number of carbonyl (C=O) groups excluding carboxylic acids is 2. The molecular formula is C13H21N3O5. The third kappa shape index (κ3) is 3.26. The Bertz CT molecular complexity index is 426. The number of nitrogens with one attached hydrogen (secondary N) is 2. The van der Waals surface area contributed by atoms with Gasteiger partial charge in [-0.3, -0.25) is 4.79 Å². The Hall–Kier alpha value is -1.83. The molecule has 8 nitrogen and oxygen atoms in total. The lowest BCUT2D eigenvalue weighted by atomic mass is 9.96. The summed E-state index contributed by atoms with van der Waals surface area (Å²) in [5.74, 6) is -1.17. The summed E-state index contributed by atoms with van der Waals surface area (Å²) in [6, 6.07) is -0.404. The number of piperidine rings is 1. The number of carbonyl (C=O) groups is 3.